The predicted molar refractivity (Wildman–Crippen MR) is 78.6 cm³/mol. The predicted octanol–water partition coefficient (Wildman–Crippen LogP) is 3.37. The summed E-state index contributed by atoms with van der Waals surface area (Å²) in [5.41, 5.74) is 1.11. The number of halogens is 2. The second kappa shape index (κ2) is 5.64. The summed E-state index contributed by atoms with van der Waals surface area (Å²) in [4.78, 5) is 8.75. The van der Waals surface area contributed by atoms with Crippen molar-refractivity contribution in [3.05, 3.63) is 50.4 Å². The highest BCUT2D eigenvalue weighted by Gasteiger charge is 2.04. The molecule has 5 heteroatoms. The van der Waals surface area contributed by atoms with Gasteiger partial charge in [0.2, 0.25) is 0 Å². The van der Waals surface area contributed by atoms with E-state index in [-0.39, 0.29) is 0 Å². The Labute approximate surface area is 119 Å². The van der Waals surface area contributed by atoms with Gasteiger partial charge in [-0.05, 0) is 40.3 Å². The minimum atomic E-state index is 0.687. The summed E-state index contributed by atoms with van der Waals surface area (Å²) in [7, 11) is 1.85. The lowest BCUT2D eigenvalue weighted by Gasteiger charge is -2.05. The monoisotopic (exact) mass is 359 g/mol. The second-order valence-corrected chi connectivity index (χ2v) is 5.14. The lowest BCUT2D eigenvalue weighted by atomic mass is 10.1. The average molecular weight is 360 g/mol. The minimum Gasteiger partial charge on any atom is -0.372 e. The number of hydrogen-bond acceptors (Lipinski definition) is 3. The van der Waals surface area contributed by atoms with E-state index in [9.17, 15) is 0 Å². The van der Waals surface area contributed by atoms with Gasteiger partial charge in [-0.1, -0.05) is 23.7 Å². The third-order valence-corrected chi connectivity index (χ3v) is 3.31. The number of nitrogens with zero attached hydrogens (tertiary/aromatic N) is 2. The Kier molecular flexibility index (Phi) is 4.17. The van der Waals surface area contributed by atoms with Crippen LogP contribution < -0.4 is 5.32 Å². The zero-order valence-electron chi connectivity index (χ0n) is 9.24. The molecule has 2 rings (SSSR count). The van der Waals surface area contributed by atoms with Gasteiger partial charge < -0.3 is 5.32 Å². The first kappa shape index (κ1) is 12.6. The van der Waals surface area contributed by atoms with E-state index in [4.69, 9.17) is 11.6 Å². The van der Waals surface area contributed by atoms with Crippen molar-refractivity contribution in [3.63, 3.8) is 0 Å². The van der Waals surface area contributed by atoms with Crippen molar-refractivity contribution < 1.29 is 0 Å². The van der Waals surface area contributed by atoms with Gasteiger partial charge in [0, 0.05) is 24.7 Å². The molecule has 2 aromatic rings. The van der Waals surface area contributed by atoms with E-state index < -0.39 is 0 Å². The van der Waals surface area contributed by atoms with E-state index in [1.54, 1.807) is 0 Å². The number of benzene rings is 1. The normalized spacial score (nSPS) is 10.3. The fraction of sp³-hybridized carbons (Fsp3) is 0.167. The van der Waals surface area contributed by atoms with E-state index >= 15 is 0 Å². The lowest BCUT2D eigenvalue weighted by Crippen LogP contribution is -2.02. The SMILES string of the molecule is CNc1nc(Cc2cccc(Cl)c2)ncc1I. The Morgan fingerprint density at radius 1 is 1.41 bits per heavy atom. The van der Waals surface area contributed by atoms with Crippen LogP contribution in [-0.2, 0) is 6.42 Å². The standard InChI is InChI=1S/C12H11ClIN3/c1-15-12-10(14)7-16-11(17-12)6-8-3-2-4-9(13)5-8/h2-5,7H,6H2,1H3,(H,15,16,17). The fourth-order valence-electron chi connectivity index (χ4n) is 1.49. The molecule has 3 nitrogen and oxygen atoms in total. The molecule has 0 amide bonds. The molecular formula is C12H11ClIN3. The Morgan fingerprint density at radius 3 is 2.94 bits per heavy atom. The van der Waals surface area contributed by atoms with Crippen LogP contribution in [0.2, 0.25) is 5.02 Å². The highest BCUT2D eigenvalue weighted by Crippen LogP contribution is 2.16. The summed E-state index contributed by atoms with van der Waals surface area (Å²) in [6.45, 7) is 0. The molecule has 0 saturated heterocycles. The number of hydrogen-bond donors (Lipinski definition) is 1. The Morgan fingerprint density at radius 2 is 2.24 bits per heavy atom. The van der Waals surface area contributed by atoms with Crippen LogP contribution in [-0.4, -0.2) is 17.0 Å². The number of nitrogens with one attached hydrogen (secondary N) is 1. The van der Waals surface area contributed by atoms with Crippen molar-refractivity contribution in [2.75, 3.05) is 12.4 Å². The summed E-state index contributed by atoms with van der Waals surface area (Å²) in [5, 5.41) is 3.79. The van der Waals surface area contributed by atoms with Gasteiger partial charge in [-0.2, -0.15) is 0 Å². The van der Waals surface area contributed by atoms with Gasteiger partial charge in [-0.15, -0.1) is 0 Å². The molecule has 0 atom stereocenters. The minimum absolute atomic E-state index is 0.687. The zero-order chi connectivity index (χ0) is 12.3. The van der Waals surface area contributed by atoms with Gasteiger partial charge in [-0.25, -0.2) is 9.97 Å². The van der Waals surface area contributed by atoms with Gasteiger partial charge in [0.15, 0.2) is 0 Å². The molecule has 0 spiro atoms. The van der Waals surface area contributed by atoms with Crippen LogP contribution in [0.5, 0.6) is 0 Å². The van der Waals surface area contributed by atoms with E-state index in [1.165, 1.54) is 0 Å². The zero-order valence-corrected chi connectivity index (χ0v) is 12.2. The molecule has 1 aromatic heterocycles. The molecule has 0 aliphatic rings. The Balaban J connectivity index is 2.24. The summed E-state index contributed by atoms with van der Waals surface area (Å²) in [5.74, 6) is 1.65. The van der Waals surface area contributed by atoms with Crippen molar-refractivity contribution in [2.45, 2.75) is 6.42 Å². The number of rotatable bonds is 3. The van der Waals surface area contributed by atoms with Crippen molar-refractivity contribution in [2.24, 2.45) is 0 Å². The van der Waals surface area contributed by atoms with Crippen LogP contribution in [0.4, 0.5) is 5.82 Å². The van der Waals surface area contributed by atoms with E-state index in [0.717, 1.165) is 25.8 Å². The van der Waals surface area contributed by atoms with Crippen molar-refractivity contribution in [1.82, 2.24) is 9.97 Å². The summed E-state index contributed by atoms with van der Waals surface area (Å²) >= 11 is 8.15. The topological polar surface area (TPSA) is 37.8 Å². The number of aromatic nitrogens is 2. The maximum Gasteiger partial charge on any atom is 0.142 e. The molecule has 0 bridgehead atoms. The number of anilines is 1. The van der Waals surface area contributed by atoms with E-state index in [2.05, 4.69) is 37.9 Å². The average Bonchev–Trinajstić information content (AvgIpc) is 2.32. The molecule has 88 valence electrons. The lowest BCUT2D eigenvalue weighted by molar-refractivity contribution is 0.963. The Hall–Kier alpha value is -0.880. The molecule has 17 heavy (non-hydrogen) atoms. The van der Waals surface area contributed by atoms with Crippen LogP contribution in [0.25, 0.3) is 0 Å². The van der Waals surface area contributed by atoms with Crippen molar-refractivity contribution >= 4 is 40.0 Å². The third kappa shape index (κ3) is 3.29. The van der Waals surface area contributed by atoms with Crippen LogP contribution in [0.3, 0.4) is 0 Å². The quantitative estimate of drug-likeness (QED) is 0.854. The second-order valence-electron chi connectivity index (χ2n) is 3.54. The summed E-state index contributed by atoms with van der Waals surface area (Å²) in [6.07, 6.45) is 2.51. The summed E-state index contributed by atoms with van der Waals surface area (Å²) < 4.78 is 1.01. The molecule has 0 radical (unpaired) electrons. The first-order chi connectivity index (χ1) is 8.19. The van der Waals surface area contributed by atoms with Crippen LogP contribution >= 0.6 is 34.2 Å². The molecule has 0 saturated carbocycles. The van der Waals surface area contributed by atoms with E-state index in [1.807, 2.05) is 37.5 Å². The van der Waals surface area contributed by atoms with Gasteiger partial charge in [0.1, 0.15) is 11.6 Å². The molecule has 1 aromatic carbocycles. The molecule has 0 aliphatic carbocycles. The van der Waals surface area contributed by atoms with Gasteiger partial charge >= 0.3 is 0 Å². The molecule has 0 aliphatic heterocycles. The first-order valence-electron chi connectivity index (χ1n) is 5.12. The van der Waals surface area contributed by atoms with Gasteiger partial charge in [0.05, 0.1) is 3.57 Å². The van der Waals surface area contributed by atoms with Gasteiger partial charge in [0.25, 0.3) is 0 Å². The Bertz CT molecular complexity index is 531. The molecule has 0 fully saturated rings. The fourth-order valence-corrected chi connectivity index (χ4v) is 2.24. The van der Waals surface area contributed by atoms with Crippen molar-refractivity contribution in [3.8, 4) is 0 Å². The largest absolute Gasteiger partial charge is 0.372 e. The first-order valence-corrected chi connectivity index (χ1v) is 6.58. The van der Waals surface area contributed by atoms with Crippen LogP contribution in [0.1, 0.15) is 11.4 Å². The molecular weight excluding hydrogens is 349 g/mol. The van der Waals surface area contributed by atoms with Crippen LogP contribution in [0, 0.1) is 3.57 Å². The van der Waals surface area contributed by atoms with Crippen LogP contribution in [0.15, 0.2) is 30.5 Å². The maximum atomic E-state index is 5.94. The molecule has 1 heterocycles. The van der Waals surface area contributed by atoms with E-state index in [0.29, 0.717) is 6.42 Å². The highest BCUT2D eigenvalue weighted by molar-refractivity contribution is 14.1. The highest BCUT2D eigenvalue weighted by atomic mass is 127. The van der Waals surface area contributed by atoms with Crippen molar-refractivity contribution in [1.29, 1.82) is 0 Å². The molecule has 1 N–H and O–H groups in total. The third-order valence-electron chi connectivity index (χ3n) is 2.28. The maximum absolute atomic E-state index is 5.94. The smallest absolute Gasteiger partial charge is 0.142 e. The molecule has 0 unspecified atom stereocenters. The van der Waals surface area contributed by atoms with Gasteiger partial charge in [-0.3, -0.25) is 0 Å². The summed E-state index contributed by atoms with van der Waals surface area (Å²) in [6, 6.07) is 7.75.